The maximum absolute atomic E-state index is 12.6. The number of benzene rings is 1. The molecule has 2 aliphatic heterocycles. The van der Waals surface area contributed by atoms with Gasteiger partial charge in [0.1, 0.15) is 0 Å². The number of likely N-dealkylation sites (N-methyl/N-ethyl adjacent to an activating group) is 1. The van der Waals surface area contributed by atoms with Crippen molar-refractivity contribution in [1.82, 2.24) is 10.2 Å². The molecule has 1 atom stereocenters. The van der Waals surface area contributed by atoms with E-state index in [1.54, 1.807) is 0 Å². The summed E-state index contributed by atoms with van der Waals surface area (Å²) in [5, 5.41) is 3.33. The van der Waals surface area contributed by atoms with Gasteiger partial charge in [0.25, 0.3) is 0 Å². The molecule has 1 aromatic carbocycles. The zero-order valence-corrected chi connectivity index (χ0v) is 13.7. The first-order valence-electron chi connectivity index (χ1n) is 7.68. The first-order valence-corrected chi connectivity index (χ1v) is 7.68. The van der Waals surface area contributed by atoms with Crippen LogP contribution in [0.15, 0.2) is 18.2 Å². The molecule has 2 aliphatic rings. The largest absolute Gasteiger partial charge is 0.454 e. The average Bonchev–Trinajstić information content (AvgIpc) is 3.00. The minimum Gasteiger partial charge on any atom is -0.454 e. The van der Waals surface area contributed by atoms with Crippen LogP contribution in [0.2, 0.25) is 0 Å². The molecular formula is C16H23ClN2O3. The summed E-state index contributed by atoms with van der Waals surface area (Å²) in [6, 6.07) is 5.85. The Morgan fingerprint density at radius 3 is 2.86 bits per heavy atom. The van der Waals surface area contributed by atoms with E-state index >= 15 is 0 Å². The number of fused-ring (bicyclic) bond motifs is 1. The van der Waals surface area contributed by atoms with E-state index in [4.69, 9.17) is 9.47 Å². The second-order valence-electron chi connectivity index (χ2n) is 5.54. The van der Waals surface area contributed by atoms with Gasteiger partial charge in [0.2, 0.25) is 12.7 Å². The van der Waals surface area contributed by atoms with Gasteiger partial charge >= 0.3 is 0 Å². The normalized spacial score (nSPS) is 19.4. The molecule has 2 heterocycles. The highest BCUT2D eigenvalue weighted by atomic mass is 35.5. The number of hydrogen-bond donors (Lipinski definition) is 1. The molecule has 6 heteroatoms. The third-order valence-electron chi connectivity index (χ3n) is 4.11. The summed E-state index contributed by atoms with van der Waals surface area (Å²) < 4.78 is 10.7. The molecule has 1 saturated heterocycles. The summed E-state index contributed by atoms with van der Waals surface area (Å²) in [6.45, 7) is 4.57. The predicted octanol–water partition coefficient (Wildman–Crippen LogP) is 2.33. The van der Waals surface area contributed by atoms with Crippen LogP contribution in [0, 0.1) is 0 Å². The fourth-order valence-corrected chi connectivity index (χ4v) is 2.89. The standard InChI is InChI=1S/C16H22N2O3.ClH/c1-2-18(16(19)13-5-3-4-8-17-13)10-12-6-7-14-15(9-12)21-11-20-14;/h6-7,9,13,17H,2-5,8,10-11H2,1H3;1H/t13-;/m1./s1. The van der Waals surface area contributed by atoms with Crippen LogP contribution in [0.1, 0.15) is 31.7 Å². The van der Waals surface area contributed by atoms with E-state index in [0.717, 1.165) is 42.9 Å². The predicted molar refractivity (Wildman–Crippen MR) is 86.5 cm³/mol. The Hall–Kier alpha value is -1.46. The molecule has 0 radical (unpaired) electrons. The summed E-state index contributed by atoms with van der Waals surface area (Å²) in [7, 11) is 0. The molecule has 1 aromatic rings. The smallest absolute Gasteiger partial charge is 0.239 e. The number of nitrogens with one attached hydrogen (secondary N) is 1. The Kier molecular flexibility index (Phi) is 5.91. The lowest BCUT2D eigenvalue weighted by molar-refractivity contribution is -0.134. The van der Waals surface area contributed by atoms with Gasteiger partial charge in [-0.05, 0) is 44.0 Å². The molecule has 3 rings (SSSR count). The third kappa shape index (κ3) is 3.65. The Bertz CT molecular complexity index is 518. The summed E-state index contributed by atoms with van der Waals surface area (Å²) >= 11 is 0. The van der Waals surface area contributed by atoms with E-state index in [9.17, 15) is 4.79 Å². The SMILES string of the molecule is CCN(Cc1ccc2c(c1)OCO2)C(=O)[C@H]1CCCCN1.Cl. The highest BCUT2D eigenvalue weighted by Gasteiger charge is 2.25. The molecule has 0 spiro atoms. The molecule has 0 aromatic heterocycles. The van der Waals surface area contributed by atoms with Crippen LogP contribution >= 0.6 is 12.4 Å². The zero-order valence-electron chi connectivity index (χ0n) is 12.8. The number of piperidine rings is 1. The summed E-state index contributed by atoms with van der Waals surface area (Å²) in [5.41, 5.74) is 1.07. The van der Waals surface area contributed by atoms with Crippen LogP contribution in [0.4, 0.5) is 0 Å². The average molecular weight is 327 g/mol. The van der Waals surface area contributed by atoms with Crippen LogP contribution in [0.3, 0.4) is 0 Å². The number of amides is 1. The molecule has 0 bridgehead atoms. The minimum absolute atomic E-state index is 0. The maximum atomic E-state index is 12.6. The topological polar surface area (TPSA) is 50.8 Å². The summed E-state index contributed by atoms with van der Waals surface area (Å²) in [4.78, 5) is 14.5. The van der Waals surface area contributed by atoms with Crippen LogP contribution in [-0.2, 0) is 11.3 Å². The van der Waals surface area contributed by atoms with E-state index in [0.29, 0.717) is 13.1 Å². The van der Waals surface area contributed by atoms with Gasteiger partial charge in [0.05, 0.1) is 6.04 Å². The Balaban J connectivity index is 0.00000176. The number of carbonyl (C=O) groups excluding carboxylic acids is 1. The maximum Gasteiger partial charge on any atom is 0.239 e. The summed E-state index contributed by atoms with van der Waals surface area (Å²) in [5.74, 6) is 1.75. The van der Waals surface area contributed by atoms with E-state index in [1.165, 1.54) is 0 Å². The highest BCUT2D eigenvalue weighted by Crippen LogP contribution is 2.32. The Morgan fingerprint density at radius 1 is 1.32 bits per heavy atom. The Morgan fingerprint density at radius 2 is 2.14 bits per heavy atom. The van der Waals surface area contributed by atoms with Gasteiger partial charge in [-0.2, -0.15) is 0 Å². The lowest BCUT2D eigenvalue weighted by atomic mass is 10.0. The fraction of sp³-hybridized carbons (Fsp3) is 0.562. The van der Waals surface area contributed by atoms with Crippen molar-refractivity contribution in [2.45, 2.75) is 38.8 Å². The number of ether oxygens (including phenoxy) is 2. The molecule has 22 heavy (non-hydrogen) atoms. The minimum atomic E-state index is -0.0206. The molecular weight excluding hydrogens is 304 g/mol. The van der Waals surface area contributed by atoms with Crippen LogP contribution < -0.4 is 14.8 Å². The monoisotopic (exact) mass is 326 g/mol. The lowest BCUT2D eigenvalue weighted by Gasteiger charge is -2.29. The Labute approximate surface area is 137 Å². The lowest BCUT2D eigenvalue weighted by Crippen LogP contribution is -2.48. The van der Waals surface area contributed by atoms with Crippen LogP contribution in [0.5, 0.6) is 11.5 Å². The molecule has 0 saturated carbocycles. The van der Waals surface area contributed by atoms with Crippen LogP contribution in [-0.4, -0.2) is 36.7 Å². The van der Waals surface area contributed by atoms with Crippen molar-refractivity contribution in [3.05, 3.63) is 23.8 Å². The molecule has 1 fully saturated rings. The number of halogens is 1. The van der Waals surface area contributed by atoms with E-state index in [-0.39, 0.29) is 31.1 Å². The van der Waals surface area contributed by atoms with Crippen molar-refractivity contribution < 1.29 is 14.3 Å². The van der Waals surface area contributed by atoms with Crippen LogP contribution in [0.25, 0.3) is 0 Å². The van der Waals surface area contributed by atoms with E-state index < -0.39 is 0 Å². The fourth-order valence-electron chi connectivity index (χ4n) is 2.89. The van der Waals surface area contributed by atoms with Crippen molar-refractivity contribution in [3.8, 4) is 11.5 Å². The number of nitrogens with zero attached hydrogens (tertiary/aromatic N) is 1. The quantitative estimate of drug-likeness (QED) is 0.922. The van der Waals surface area contributed by atoms with Gasteiger partial charge in [-0.25, -0.2) is 0 Å². The van der Waals surface area contributed by atoms with Gasteiger partial charge in [-0.15, -0.1) is 12.4 Å². The third-order valence-corrected chi connectivity index (χ3v) is 4.11. The highest BCUT2D eigenvalue weighted by molar-refractivity contribution is 5.85. The molecule has 1 N–H and O–H groups in total. The van der Waals surface area contributed by atoms with Gasteiger partial charge in [-0.3, -0.25) is 4.79 Å². The number of rotatable bonds is 4. The first-order chi connectivity index (χ1) is 10.3. The zero-order chi connectivity index (χ0) is 14.7. The van der Waals surface area contributed by atoms with E-state index in [2.05, 4.69) is 5.32 Å². The van der Waals surface area contributed by atoms with Crippen molar-refractivity contribution in [2.75, 3.05) is 19.9 Å². The van der Waals surface area contributed by atoms with Crippen molar-refractivity contribution in [3.63, 3.8) is 0 Å². The van der Waals surface area contributed by atoms with Crippen molar-refractivity contribution in [1.29, 1.82) is 0 Å². The second-order valence-corrected chi connectivity index (χ2v) is 5.54. The van der Waals surface area contributed by atoms with Crippen molar-refractivity contribution in [2.24, 2.45) is 0 Å². The molecule has 0 aliphatic carbocycles. The molecule has 1 amide bonds. The van der Waals surface area contributed by atoms with Crippen molar-refractivity contribution >= 4 is 18.3 Å². The second kappa shape index (κ2) is 7.70. The molecule has 122 valence electrons. The van der Waals surface area contributed by atoms with E-state index in [1.807, 2.05) is 30.0 Å². The van der Waals surface area contributed by atoms with Gasteiger partial charge in [0.15, 0.2) is 11.5 Å². The molecule has 0 unspecified atom stereocenters. The first kappa shape index (κ1) is 16.9. The van der Waals surface area contributed by atoms with Gasteiger partial charge < -0.3 is 19.7 Å². The van der Waals surface area contributed by atoms with Gasteiger partial charge in [-0.1, -0.05) is 12.5 Å². The van der Waals surface area contributed by atoms with Gasteiger partial charge in [0, 0.05) is 13.1 Å². The number of hydrogen-bond acceptors (Lipinski definition) is 4. The molecule has 5 nitrogen and oxygen atoms in total. The number of carbonyl (C=O) groups is 1. The summed E-state index contributed by atoms with van der Waals surface area (Å²) in [6.07, 6.45) is 3.24.